The van der Waals surface area contributed by atoms with Crippen molar-refractivity contribution in [2.45, 2.75) is 55.9 Å². The second kappa shape index (κ2) is 12.4. The van der Waals surface area contributed by atoms with E-state index in [4.69, 9.17) is 14.5 Å². The molecule has 4 rings (SSSR count). The van der Waals surface area contributed by atoms with Crippen LogP contribution in [0.2, 0.25) is 0 Å². The second-order valence-electron chi connectivity index (χ2n) is 8.66. The van der Waals surface area contributed by atoms with Gasteiger partial charge < -0.3 is 14.4 Å². The maximum Gasteiger partial charge on any atom is 0.315 e. The molecular formula is C25H32F3N3O3S2. The highest BCUT2D eigenvalue weighted by Gasteiger charge is 2.52. The number of pyridine rings is 1. The molecule has 0 radical (unpaired) electrons. The van der Waals surface area contributed by atoms with Gasteiger partial charge in [0.05, 0.1) is 11.5 Å². The number of nitrogens with one attached hydrogen (secondary N) is 1. The maximum absolute atomic E-state index is 13.8. The molecule has 0 spiro atoms. The minimum atomic E-state index is -2.46. The third kappa shape index (κ3) is 7.45. The number of alkyl halides is 2. The number of halogens is 3. The van der Waals surface area contributed by atoms with E-state index in [0.717, 1.165) is 41.2 Å². The number of fused-ring (bicyclic) bond motifs is 1. The highest BCUT2D eigenvalue weighted by Crippen LogP contribution is 2.48. The van der Waals surface area contributed by atoms with Crippen molar-refractivity contribution in [3.63, 3.8) is 0 Å². The Labute approximate surface area is 218 Å². The van der Waals surface area contributed by atoms with Gasteiger partial charge in [-0.2, -0.15) is 0 Å². The molecule has 2 aliphatic rings. The van der Waals surface area contributed by atoms with Gasteiger partial charge in [-0.25, -0.2) is 18.2 Å². The third-order valence-electron chi connectivity index (χ3n) is 5.78. The van der Waals surface area contributed by atoms with Crippen molar-refractivity contribution in [3.8, 4) is 5.75 Å². The van der Waals surface area contributed by atoms with Gasteiger partial charge in [0.15, 0.2) is 5.75 Å². The average Bonchev–Trinajstić information content (AvgIpc) is 3.66. The highest BCUT2D eigenvalue weighted by atomic mass is 32.2. The molecule has 11 heteroatoms. The van der Waals surface area contributed by atoms with Crippen LogP contribution in [0.4, 0.5) is 24.7 Å². The molecule has 36 heavy (non-hydrogen) atoms. The van der Waals surface area contributed by atoms with Crippen molar-refractivity contribution in [2.24, 2.45) is 5.41 Å². The van der Waals surface area contributed by atoms with E-state index in [9.17, 15) is 18.0 Å². The fraction of sp³-hybridized carbons (Fsp3) is 0.520. The number of carbonyl (C=O) groups is 1. The lowest BCUT2D eigenvalue weighted by molar-refractivity contribution is -0.150. The molecule has 0 atom stereocenters. The first kappa shape index (κ1) is 28.5. The van der Waals surface area contributed by atoms with Gasteiger partial charge in [0.2, 0.25) is 5.92 Å². The predicted molar refractivity (Wildman–Crippen MR) is 138 cm³/mol. The minimum Gasteiger partial charge on any atom is -0.490 e. The largest absolute Gasteiger partial charge is 0.490 e. The summed E-state index contributed by atoms with van der Waals surface area (Å²) in [6.07, 6.45) is 3.44. The summed E-state index contributed by atoms with van der Waals surface area (Å²) in [6.45, 7) is 6.21. The number of ether oxygens (including phenoxy) is 2. The number of carbonyl (C=O) groups excluding carboxylic acids is 1. The van der Waals surface area contributed by atoms with E-state index in [0.29, 0.717) is 25.4 Å². The Balaban J connectivity index is 0.000000538. The Kier molecular flexibility index (Phi) is 9.82. The minimum absolute atomic E-state index is 0.0625. The summed E-state index contributed by atoms with van der Waals surface area (Å²) < 4.78 is 51.3. The Bertz CT molecular complexity index is 1050. The molecule has 0 unspecified atom stereocenters. The molecule has 1 saturated carbocycles. The molecule has 198 valence electrons. The molecule has 6 nitrogen and oxygen atoms in total. The summed E-state index contributed by atoms with van der Waals surface area (Å²) in [6, 6.07) is 8.48. The van der Waals surface area contributed by atoms with Crippen molar-refractivity contribution >= 4 is 41.2 Å². The van der Waals surface area contributed by atoms with Crippen LogP contribution in [0.3, 0.4) is 0 Å². The number of aromatic nitrogens is 1. The predicted octanol–water partition coefficient (Wildman–Crippen LogP) is 6.46. The van der Waals surface area contributed by atoms with E-state index >= 15 is 0 Å². The van der Waals surface area contributed by atoms with E-state index in [2.05, 4.69) is 4.72 Å². The number of hydrogen-bond acceptors (Lipinski definition) is 8. The van der Waals surface area contributed by atoms with Gasteiger partial charge in [-0.1, -0.05) is 13.0 Å². The number of thioether (sulfide) groups is 1. The number of rotatable bonds is 8. The van der Waals surface area contributed by atoms with Crippen molar-refractivity contribution < 1.29 is 27.4 Å². The lowest BCUT2D eigenvalue weighted by atomic mass is 10.1. The van der Waals surface area contributed by atoms with Crippen LogP contribution in [-0.4, -0.2) is 49.4 Å². The average molecular weight is 544 g/mol. The molecule has 0 amide bonds. The maximum atomic E-state index is 13.8. The van der Waals surface area contributed by atoms with Crippen LogP contribution in [0.15, 0.2) is 40.3 Å². The first-order valence-electron chi connectivity index (χ1n) is 11.8. The van der Waals surface area contributed by atoms with E-state index in [1.807, 2.05) is 30.2 Å². The SMILES string of the molecule is CCC(C)(F)F.CCOC(=O)C1(COc2cc3c(nc2SC)N(c2cccc(F)c2)CCNS3)CC1. The smallest absolute Gasteiger partial charge is 0.315 e. The fourth-order valence-corrected chi connectivity index (χ4v) is 4.57. The molecule has 1 aromatic heterocycles. The monoisotopic (exact) mass is 543 g/mol. The third-order valence-corrected chi connectivity index (χ3v) is 7.32. The first-order chi connectivity index (χ1) is 17.1. The topological polar surface area (TPSA) is 63.7 Å². The summed E-state index contributed by atoms with van der Waals surface area (Å²) in [5, 5.41) is 0.734. The Morgan fingerprint density at radius 1 is 1.31 bits per heavy atom. The standard InChI is InChI=1S/C21H24FN3O3S2.C4H8F2/c1-3-27-20(26)21(7-8-21)13-28-16-12-17-18(24-19(16)29-2)25(10-9-23-30-17)15-6-4-5-14(22)11-15;1-3-4(2,5)6/h4-6,11-12,23H,3,7-10,13H2,1-2H3;3H2,1-2H3. The van der Waals surface area contributed by atoms with Crippen molar-refractivity contribution in [1.82, 2.24) is 9.71 Å². The molecule has 2 heterocycles. The summed E-state index contributed by atoms with van der Waals surface area (Å²) in [5.41, 5.74) is 0.227. The normalized spacial score (nSPS) is 16.2. The van der Waals surface area contributed by atoms with Crippen LogP contribution in [0.1, 0.15) is 40.0 Å². The van der Waals surface area contributed by atoms with Crippen LogP contribution in [-0.2, 0) is 9.53 Å². The molecule has 1 aromatic carbocycles. The molecule has 1 aliphatic carbocycles. The van der Waals surface area contributed by atoms with Crippen LogP contribution < -0.4 is 14.4 Å². The number of anilines is 2. The summed E-state index contributed by atoms with van der Waals surface area (Å²) in [5.74, 6) is -1.52. The summed E-state index contributed by atoms with van der Waals surface area (Å²) in [4.78, 5) is 20.0. The number of nitrogens with zero attached hydrogens (tertiary/aromatic N) is 2. The van der Waals surface area contributed by atoms with Crippen molar-refractivity contribution in [3.05, 3.63) is 36.1 Å². The quantitative estimate of drug-likeness (QED) is 0.231. The summed E-state index contributed by atoms with van der Waals surface area (Å²) in [7, 11) is 0. The van der Waals surface area contributed by atoms with Gasteiger partial charge in [0.25, 0.3) is 0 Å². The Morgan fingerprint density at radius 2 is 2.03 bits per heavy atom. The van der Waals surface area contributed by atoms with E-state index in [1.54, 1.807) is 6.07 Å². The summed E-state index contributed by atoms with van der Waals surface area (Å²) >= 11 is 2.96. The van der Waals surface area contributed by atoms with Crippen LogP contribution in [0.25, 0.3) is 0 Å². The number of hydrogen-bond donors (Lipinski definition) is 1. The van der Waals surface area contributed by atoms with Gasteiger partial charge in [-0.15, -0.1) is 11.8 Å². The van der Waals surface area contributed by atoms with Gasteiger partial charge >= 0.3 is 5.97 Å². The molecule has 0 saturated heterocycles. The number of esters is 1. The van der Waals surface area contributed by atoms with E-state index in [-0.39, 0.29) is 24.8 Å². The van der Waals surface area contributed by atoms with Crippen LogP contribution in [0.5, 0.6) is 5.75 Å². The Hall–Kier alpha value is -2.11. The van der Waals surface area contributed by atoms with Gasteiger partial charge in [-0.3, -0.25) is 9.52 Å². The van der Waals surface area contributed by atoms with Crippen molar-refractivity contribution in [1.29, 1.82) is 0 Å². The molecule has 1 N–H and O–H groups in total. The molecule has 1 fully saturated rings. The van der Waals surface area contributed by atoms with Gasteiger partial charge in [0.1, 0.15) is 28.7 Å². The zero-order valence-electron chi connectivity index (χ0n) is 20.9. The van der Waals surface area contributed by atoms with E-state index in [1.165, 1.54) is 42.8 Å². The molecule has 2 aromatic rings. The zero-order chi connectivity index (χ0) is 26.3. The second-order valence-corrected chi connectivity index (χ2v) is 10.4. The van der Waals surface area contributed by atoms with Crippen LogP contribution >= 0.6 is 23.7 Å². The molecule has 0 bridgehead atoms. The zero-order valence-corrected chi connectivity index (χ0v) is 22.5. The number of benzene rings is 1. The molecule has 1 aliphatic heterocycles. The van der Waals surface area contributed by atoms with Gasteiger partial charge in [0, 0.05) is 31.3 Å². The Morgan fingerprint density at radius 3 is 2.61 bits per heavy atom. The lowest BCUT2D eigenvalue weighted by Gasteiger charge is -2.24. The molecular weight excluding hydrogens is 511 g/mol. The van der Waals surface area contributed by atoms with Crippen LogP contribution in [0, 0.1) is 11.2 Å². The first-order valence-corrected chi connectivity index (χ1v) is 13.9. The fourth-order valence-electron chi connectivity index (χ4n) is 3.32. The van der Waals surface area contributed by atoms with Crippen molar-refractivity contribution in [2.75, 3.05) is 37.5 Å². The van der Waals surface area contributed by atoms with Gasteiger partial charge in [-0.05, 0) is 63.1 Å². The lowest BCUT2D eigenvalue weighted by Crippen LogP contribution is -2.26. The highest BCUT2D eigenvalue weighted by molar-refractivity contribution is 7.98. The van der Waals surface area contributed by atoms with E-state index < -0.39 is 11.3 Å².